The molecule has 0 aliphatic carbocycles. The van der Waals surface area contributed by atoms with Crippen LogP contribution in [0.5, 0.6) is 5.75 Å². The van der Waals surface area contributed by atoms with Crippen molar-refractivity contribution in [3.8, 4) is 5.75 Å². The normalized spacial score (nSPS) is 14.0. The van der Waals surface area contributed by atoms with Gasteiger partial charge in [0.25, 0.3) is 0 Å². The molecule has 0 amide bonds. The molecule has 0 heterocycles. The van der Waals surface area contributed by atoms with Crippen molar-refractivity contribution in [1.29, 1.82) is 0 Å². The molecule has 0 radical (unpaired) electrons. The van der Waals surface area contributed by atoms with Gasteiger partial charge in [0.2, 0.25) is 5.41 Å². The number of hydrogen-bond acceptors (Lipinski definition) is 5. The molecule has 0 bridgehead atoms. The average Bonchev–Trinajstić information content (AvgIpc) is 2.42. The molecular formula is C16H23NO5. The van der Waals surface area contributed by atoms with Gasteiger partial charge in [0.05, 0.1) is 7.11 Å². The Morgan fingerprint density at radius 1 is 1.18 bits per heavy atom. The number of esters is 1. The second-order valence-corrected chi connectivity index (χ2v) is 5.97. The lowest BCUT2D eigenvalue weighted by molar-refractivity contribution is -0.169. The maximum Gasteiger partial charge on any atom is 0.329 e. The topological polar surface area (TPSA) is 84.9 Å². The molecule has 0 aromatic heterocycles. The van der Waals surface area contributed by atoms with Gasteiger partial charge in [-0.15, -0.1) is 0 Å². The first-order valence-corrected chi connectivity index (χ1v) is 6.93. The summed E-state index contributed by atoms with van der Waals surface area (Å²) >= 11 is 0. The summed E-state index contributed by atoms with van der Waals surface area (Å²) in [6.07, 6.45) is 0. The minimum Gasteiger partial charge on any atom is -0.497 e. The molecule has 0 saturated heterocycles. The van der Waals surface area contributed by atoms with Gasteiger partial charge in [0.1, 0.15) is 11.4 Å². The number of carboxylic acid groups (broad SMARTS) is 1. The van der Waals surface area contributed by atoms with E-state index in [0.717, 1.165) is 0 Å². The number of carbonyl (C=O) groups excluding carboxylic acids is 1. The number of carbonyl (C=O) groups is 2. The third kappa shape index (κ3) is 3.76. The fourth-order valence-electron chi connectivity index (χ4n) is 2.08. The minimum atomic E-state index is -1.81. The SMILES string of the molecule is CNCC(C(=O)O)(C(=O)OC(C)(C)C)c1ccc(OC)cc1. The summed E-state index contributed by atoms with van der Waals surface area (Å²) in [6, 6.07) is 6.36. The van der Waals surface area contributed by atoms with Gasteiger partial charge in [-0.25, -0.2) is 0 Å². The van der Waals surface area contributed by atoms with Crippen LogP contribution in [0.3, 0.4) is 0 Å². The molecule has 0 aliphatic heterocycles. The van der Waals surface area contributed by atoms with Gasteiger partial charge >= 0.3 is 11.9 Å². The van der Waals surface area contributed by atoms with E-state index in [1.54, 1.807) is 52.1 Å². The van der Waals surface area contributed by atoms with Crippen LogP contribution in [0.25, 0.3) is 0 Å². The Kier molecular flexibility index (Phi) is 5.54. The van der Waals surface area contributed by atoms with Crippen LogP contribution in [0.1, 0.15) is 26.3 Å². The summed E-state index contributed by atoms with van der Waals surface area (Å²) in [5.74, 6) is -1.48. The van der Waals surface area contributed by atoms with E-state index in [1.165, 1.54) is 7.11 Å². The molecule has 0 aliphatic rings. The smallest absolute Gasteiger partial charge is 0.329 e. The molecule has 6 nitrogen and oxygen atoms in total. The Labute approximate surface area is 130 Å². The molecule has 0 saturated carbocycles. The summed E-state index contributed by atoms with van der Waals surface area (Å²) in [6.45, 7) is 5.02. The van der Waals surface area contributed by atoms with Crippen LogP contribution < -0.4 is 10.1 Å². The Morgan fingerprint density at radius 2 is 1.73 bits per heavy atom. The van der Waals surface area contributed by atoms with Crippen LogP contribution in [-0.2, 0) is 19.7 Å². The van der Waals surface area contributed by atoms with Crippen molar-refractivity contribution in [2.75, 3.05) is 20.7 Å². The Hall–Kier alpha value is -2.08. The standard InChI is InChI=1S/C16H23NO5/c1-15(2,3)22-14(20)16(10-17-4,13(18)19)11-6-8-12(21-5)9-7-11/h6-9,17H,10H2,1-5H3,(H,18,19). The summed E-state index contributed by atoms with van der Waals surface area (Å²) in [4.78, 5) is 24.5. The van der Waals surface area contributed by atoms with Crippen molar-refractivity contribution >= 4 is 11.9 Å². The third-order valence-corrected chi connectivity index (χ3v) is 3.14. The second-order valence-electron chi connectivity index (χ2n) is 5.97. The van der Waals surface area contributed by atoms with E-state index in [9.17, 15) is 14.7 Å². The zero-order valence-electron chi connectivity index (χ0n) is 13.6. The van der Waals surface area contributed by atoms with Gasteiger partial charge in [-0.3, -0.25) is 9.59 Å². The summed E-state index contributed by atoms with van der Waals surface area (Å²) in [5.41, 5.74) is -2.25. The maximum atomic E-state index is 12.6. The van der Waals surface area contributed by atoms with Crippen molar-refractivity contribution in [2.24, 2.45) is 0 Å². The quantitative estimate of drug-likeness (QED) is 0.613. The van der Waals surface area contributed by atoms with E-state index >= 15 is 0 Å². The molecule has 122 valence electrons. The highest BCUT2D eigenvalue weighted by atomic mass is 16.6. The number of hydrogen-bond donors (Lipinski definition) is 2. The molecule has 1 atom stereocenters. The second kappa shape index (κ2) is 6.79. The van der Waals surface area contributed by atoms with Gasteiger partial charge in [-0.05, 0) is 45.5 Å². The van der Waals surface area contributed by atoms with E-state index in [2.05, 4.69) is 5.32 Å². The first kappa shape index (κ1) is 18.0. The van der Waals surface area contributed by atoms with E-state index in [1.807, 2.05) is 0 Å². The molecule has 1 rings (SSSR count). The van der Waals surface area contributed by atoms with Gasteiger partial charge in [0, 0.05) is 6.54 Å². The van der Waals surface area contributed by atoms with Gasteiger partial charge < -0.3 is 19.9 Å². The van der Waals surface area contributed by atoms with E-state index < -0.39 is 23.0 Å². The monoisotopic (exact) mass is 309 g/mol. The fourth-order valence-corrected chi connectivity index (χ4v) is 2.08. The average molecular weight is 309 g/mol. The molecule has 0 fully saturated rings. The number of benzene rings is 1. The van der Waals surface area contributed by atoms with Crippen LogP contribution in [0.15, 0.2) is 24.3 Å². The molecule has 1 aromatic carbocycles. The van der Waals surface area contributed by atoms with Gasteiger partial charge in [-0.2, -0.15) is 0 Å². The highest BCUT2D eigenvalue weighted by molar-refractivity contribution is 6.06. The van der Waals surface area contributed by atoms with E-state index in [-0.39, 0.29) is 6.54 Å². The number of rotatable bonds is 6. The highest BCUT2D eigenvalue weighted by Crippen LogP contribution is 2.29. The minimum absolute atomic E-state index is 0.0798. The fraction of sp³-hybridized carbons (Fsp3) is 0.500. The molecule has 6 heteroatoms. The van der Waals surface area contributed by atoms with Crippen molar-refractivity contribution in [3.05, 3.63) is 29.8 Å². The lowest BCUT2D eigenvalue weighted by atomic mass is 9.80. The number of nitrogens with one attached hydrogen (secondary N) is 1. The maximum absolute atomic E-state index is 12.6. The lowest BCUT2D eigenvalue weighted by Gasteiger charge is -2.31. The molecule has 0 spiro atoms. The lowest BCUT2D eigenvalue weighted by Crippen LogP contribution is -2.53. The number of aliphatic carboxylic acids is 1. The first-order chi connectivity index (χ1) is 10.2. The predicted molar refractivity (Wildman–Crippen MR) is 82.1 cm³/mol. The Bertz CT molecular complexity index is 532. The first-order valence-electron chi connectivity index (χ1n) is 6.93. The highest BCUT2D eigenvalue weighted by Gasteiger charge is 2.50. The van der Waals surface area contributed by atoms with Crippen molar-refractivity contribution in [1.82, 2.24) is 5.32 Å². The Morgan fingerprint density at radius 3 is 2.09 bits per heavy atom. The van der Waals surface area contributed by atoms with Crippen molar-refractivity contribution in [2.45, 2.75) is 31.8 Å². The van der Waals surface area contributed by atoms with E-state index in [4.69, 9.17) is 9.47 Å². The molecule has 2 N–H and O–H groups in total. The summed E-state index contributed by atoms with van der Waals surface area (Å²) < 4.78 is 10.4. The van der Waals surface area contributed by atoms with Crippen LogP contribution in [0.4, 0.5) is 0 Å². The molecule has 1 aromatic rings. The zero-order valence-corrected chi connectivity index (χ0v) is 13.6. The number of likely N-dealkylation sites (N-methyl/N-ethyl adjacent to an activating group) is 1. The Balaban J connectivity index is 3.36. The van der Waals surface area contributed by atoms with E-state index in [0.29, 0.717) is 11.3 Å². The third-order valence-electron chi connectivity index (χ3n) is 3.14. The number of ether oxygens (including phenoxy) is 2. The number of methoxy groups -OCH3 is 1. The summed E-state index contributed by atoms with van der Waals surface area (Å²) in [5, 5.41) is 12.5. The summed E-state index contributed by atoms with van der Waals surface area (Å²) in [7, 11) is 3.10. The van der Waals surface area contributed by atoms with Gasteiger partial charge in [-0.1, -0.05) is 12.1 Å². The molecular weight excluding hydrogens is 286 g/mol. The largest absolute Gasteiger partial charge is 0.497 e. The van der Waals surface area contributed by atoms with Crippen molar-refractivity contribution < 1.29 is 24.2 Å². The van der Waals surface area contributed by atoms with Crippen LogP contribution >= 0.6 is 0 Å². The predicted octanol–water partition coefficient (Wildman–Crippen LogP) is 1.58. The van der Waals surface area contributed by atoms with Crippen LogP contribution in [-0.4, -0.2) is 43.3 Å². The molecule has 1 unspecified atom stereocenters. The molecule has 22 heavy (non-hydrogen) atoms. The van der Waals surface area contributed by atoms with Crippen LogP contribution in [0.2, 0.25) is 0 Å². The van der Waals surface area contributed by atoms with Crippen LogP contribution in [0, 0.1) is 0 Å². The number of carboxylic acids is 1. The van der Waals surface area contributed by atoms with Gasteiger partial charge in [0.15, 0.2) is 0 Å². The zero-order chi connectivity index (χ0) is 17.0. The van der Waals surface area contributed by atoms with Crippen molar-refractivity contribution in [3.63, 3.8) is 0 Å².